The van der Waals surface area contributed by atoms with E-state index in [2.05, 4.69) is 5.16 Å². The molecule has 1 aromatic heterocycles. The summed E-state index contributed by atoms with van der Waals surface area (Å²) in [6.07, 6.45) is 1.44. The van der Waals surface area contributed by atoms with Gasteiger partial charge in [0.25, 0.3) is 0 Å². The first-order chi connectivity index (χ1) is 10.8. The molecule has 3 rings (SSSR count). The van der Waals surface area contributed by atoms with Crippen LogP contribution in [0, 0.1) is 0 Å². The highest BCUT2D eigenvalue weighted by Gasteiger charge is 2.29. The van der Waals surface area contributed by atoms with E-state index in [1.54, 1.807) is 11.0 Å². The Morgan fingerprint density at radius 2 is 2.04 bits per heavy atom. The Morgan fingerprint density at radius 3 is 2.70 bits per heavy atom. The number of hydrogen-bond donors (Lipinski definition) is 0. The second-order valence-electron chi connectivity index (χ2n) is 6.95. The second kappa shape index (κ2) is 6.04. The summed E-state index contributed by atoms with van der Waals surface area (Å²) < 4.78 is 10.8. The van der Waals surface area contributed by atoms with Crippen LogP contribution in [0.25, 0.3) is 11.0 Å². The topological polar surface area (TPSA) is 55.6 Å². The van der Waals surface area contributed by atoms with E-state index >= 15 is 0 Å². The van der Waals surface area contributed by atoms with Crippen molar-refractivity contribution in [1.82, 2.24) is 10.1 Å². The lowest BCUT2D eigenvalue weighted by Gasteiger charge is -2.32. The van der Waals surface area contributed by atoms with Crippen molar-refractivity contribution >= 4 is 28.7 Å². The molecular formula is C17H21ClN2O3. The molecule has 5 nitrogen and oxygen atoms in total. The summed E-state index contributed by atoms with van der Waals surface area (Å²) in [6.45, 7) is 6.96. The number of ether oxygens (including phenoxy) is 1. The van der Waals surface area contributed by atoms with E-state index in [1.165, 1.54) is 0 Å². The number of likely N-dealkylation sites (tertiary alicyclic amines) is 1. The molecule has 0 spiro atoms. The summed E-state index contributed by atoms with van der Waals surface area (Å²) in [4.78, 5) is 13.9. The van der Waals surface area contributed by atoms with E-state index < -0.39 is 5.60 Å². The maximum atomic E-state index is 12.1. The molecule has 0 unspecified atom stereocenters. The summed E-state index contributed by atoms with van der Waals surface area (Å²) >= 11 is 6.07. The van der Waals surface area contributed by atoms with Crippen molar-refractivity contribution in [3.63, 3.8) is 0 Å². The molecule has 0 aliphatic carbocycles. The van der Waals surface area contributed by atoms with Gasteiger partial charge in [0, 0.05) is 29.4 Å². The normalized spacial score (nSPS) is 16.8. The van der Waals surface area contributed by atoms with E-state index in [1.807, 2.05) is 32.9 Å². The number of benzene rings is 1. The predicted molar refractivity (Wildman–Crippen MR) is 88.8 cm³/mol. The van der Waals surface area contributed by atoms with Gasteiger partial charge >= 0.3 is 6.09 Å². The molecule has 2 heterocycles. The standard InChI is InChI=1S/C17H21ClN2O3/c1-17(2,3)22-16(21)20-8-6-11(7-9-20)15-13-10-12(18)4-5-14(13)23-19-15/h4-5,10-11H,6-9H2,1-3H3. The monoisotopic (exact) mass is 336 g/mol. The molecule has 23 heavy (non-hydrogen) atoms. The Bertz CT molecular complexity index is 712. The number of fused-ring (bicyclic) bond motifs is 1. The van der Waals surface area contributed by atoms with Gasteiger partial charge in [-0.3, -0.25) is 0 Å². The van der Waals surface area contributed by atoms with Gasteiger partial charge in [-0.2, -0.15) is 0 Å². The number of amides is 1. The van der Waals surface area contributed by atoms with Crippen LogP contribution in [-0.2, 0) is 4.74 Å². The van der Waals surface area contributed by atoms with E-state index in [0.29, 0.717) is 18.1 Å². The van der Waals surface area contributed by atoms with Crippen LogP contribution in [0.3, 0.4) is 0 Å². The van der Waals surface area contributed by atoms with Gasteiger partial charge in [-0.25, -0.2) is 4.79 Å². The first-order valence-electron chi connectivity index (χ1n) is 7.86. The number of rotatable bonds is 1. The number of carbonyl (C=O) groups excluding carboxylic acids is 1. The van der Waals surface area contributed by atoms with E-state index in [0.717, 1.165) is 29.5 Å². The largest absolute Gasteiger partial charge is 0.444 e. The van der Waals surface area contributed by atoms with E-state index in [9.17, 15) is 4.79 Å². The number of carbonyl (C=O) groups is 1. The highest BCUT2D eigenvalue weighted by Crippen LogP contribution is 2.34. The summed E-state index contributed by atoms with van der Waals surface area (Å²) in [5.41, 5.74) is 1.22. The quantitative estimate of drug-likeness (QED) is 0.764. The number of halogens is 1. The molecule has 1 aliphatic rings. The highest BCUT2D eigenvalue weighted by molar-refractivity contribution is 6.31. The Kier molecular flexibility index (Phi) is 4.23. The van der Waals surface area contributed by atoms with Crippen LogP contribution in [0.15, 0.2) is 22.7 Å². The summed E-state index contributed by atoms with van der Waals surface area (Å²) in [7, 11) is 0. The second-order valence-corrected chi connectivity index (χ2v) is 7.39. The maximum Gasteiger partial charge on any atom is 0.410 e. The fraction of sp³-hybridized carbons (Fsp3) is 0.529. The number of nitrogens with zero attached hydrogens (tertiary/aromatic N) is 2. The van der Waals surface area contributed by atoms with Crippen molar-refractivity contribution in [3.8, 4) is 0 Å². The SMILES string of the molecule is CC(C)(C)OC(=O)N1CCC(c2noc3ccc(Cl)cc23)CC1. The molecule has 2 aromatic rings. The average molecular weight is 337 g/mol. The highest BCUT2D eigenvalue weighted by atomic mass is 35.5. The zero-order valence-electron chi connectivity index (χ0n) is 13.6. The first kappa shape index (κ1) is 16.1. The third kappa shape index (κ3) is 3.61. The fourth-order valence-electron chi connectivity index (χ4n) is 2.89. The molecule has 0 saturated carbocycles. The van der Waals surface area contributed by atoms with Crippen molar-refractivity contribution in [2.24, 2.45) is 0 Å². The fourth-order valence-corrected chi connectivity index (χ4v) is 3.06. The molecule has 0 N–H and O–H groups in total. The molecule has 0 bridgehead atoms. The summed E-state index contributed by atoms with van der Waals surface area (Å²) in [6, 6.07) is 5.52. The minimum absolute atomic E-state index is 0.246. The number of hydrogen-bond acceptors (Lipinski definition) is 4. The molecular weight excluding hydrogens is 316 g/mol. The predicted octanol–water partition coefficient (Wildman–Crippen LogP) is 4.60. The Labute approximate surface area is 140 Å². The van der Waals surface area contributed by atoms with Gasteiger partial charge in [0.05, 0.1) is 5.69 Å². The van der Waals surface area contributed by atoms with Crippen LogP contribution in [0.2, 0.25) is 5.02 Å². The lowest BCUT2D eigenvalue weighted by molar-refractivity contribution is 0.0204. The van der Waals surface area contributed by atoms with Gasteiger partial charge in [0.15, 0.2) is 5.58 Å². The molecule has 1 amide bonds. The van der Waals surface area contributed by atoms with E-state index in [-0.39, 0.29) is 12.0 Å². The van der Waals surface area contributed by atoms with Gasteiger partial charge in [-0.1, -0.05) is 16.8 Å². The molecule has 1 aliphatic heterocycles. The van der Waals surface area contributed by atoms with Gasteiger partial charge in [-0.05, 0) is 51.8 Å². The molecule has 1 fully saturated rings. The summed E-state index contributed by atoms with van der Waals surface area (Å²) in [5.74, 6) is 0.272. The third-order valence-corrected chi connectivity index (χ3v) is 4.23. The van der Waals surface area contributed by atoms with Crippen LogP contribution in [0.5, 0.6) is 0 Å². The zero-order chi connectivity index (χ0) is 16.6. The number of piperidine rings is 1. The first-order valence-corrected chi connectivity index (χ1v) is 8.24. The van der Waals surface area contributed by atoms with Crippen LogP contribution in [0.4, 0.5) is 4.79 Å². The van der Waals surface area contributed by atoms with Crippen LogP contribution in [0.1, 0.15) is 45.2 Å². The van der Waals surface area contributed by atoms with Crippen molar-refractivity contribution in [2.45, 2.75) is 45.1 Å². The van der Waals surface area contributed by atoms with Gasteiger partial charge in [0.1, 0.15) is 5.60 Å². The third-order valence-electron chi connectivity index (χ3n) is 3.99. The molecule has 1 saturated heterocycles. The molecule has 0 atom stereocenters. The Morgan fingerprint density at radius 1 is 1.35 bits per heavy atom. The van der Waals surface area contributed by atoms with E-state index in [4.69, 9.17) is 20.9 Å². The molecule has 6 heteroatoms. The van der Waals surface area contributed by atoms with Crippen LogP contribution < -0.4 is 0 Å². The minimum atomic E-state index is -0.465. The Balaban J connectivity index is 1.69. The van der Waals surface area contributed by atoms with Crippen molar-refractivity contribution in [3.05, 3.63) is 28.9 Å². The molecule has 0 radical (unpaired) electrons. The average Bonchev–Trinajstić information content (AvgIpc) is 2.88. The van der Waals surface area contributed by atoms with Gasteiger partial charge < -0.3 is 14.2 Å². The van der Waals surface area contributed by atoms with Gasteiger partial charge in [-0.15, -0.1) is 0 Å². The molecule has 124 valence electrons. The number of aromatic nitrogens is 1. The summed E-state index contributed by atoms with van der Waals surface area (Å²) in [5, 5.41) is 5.86. The van der Waals surface area contributed by atoms with Crippen LogP contribution >= 0.6 is 11.6 Å². The molecule has 1 aromatic carbocycles. The van der Waals surface area contributed by atoms with Crippen molar-refractivity contribution in [1.29, 1.82) is 0 Å². The minimum Gasteiger partial charge on any atom is -0.444 e. The van der Waals surface area contributed by atoms with Crippen LogP contribution in [-0.4, -0.2) is 34.8 Å². The lowest BCUT2D eigenvalue weighted by Crippen LogP contribution is -2.41. The maximum absolute atomic E-state index is 12.1. The van der Waals surface area contributed by atoms with Crippen molar-refractivity contribution in [2.75, 3.05) is 13.1 Å². The van der Waals surface area contributed by atoms with Gasteiger partial charge in [0.2, 0.25) is 0 Å². The van der Waals surface area contributed by atoms with Crippen molar-refractivity contribution < 1.29 is 14.1 Å². The zero-order valence-corrected chi connectivity index (χ0v) is 14.4. The Hall–Kier alpha value is -1.75. The smallest absolute Gasteiger partial charge is 0.410 e. The lowest BCUT2D eigenvalue weighted by atomic mass is 9.92.